The molecule has 5 aliphatic rings. The lowest BCUT2D eigenvalue weighted by Crippen LogP contribution is -2.64. The van der Waals surface area contributed by atoms with Gasteiger partial charge in [-0.15, -0.1) is 0 Å². The first-order chi connectivity index (χ1) is 13.2. The molecule has 9 atom stereocenters. The number of carbonyl (C=O) groups is 1. The van der Waals surface area contributed by atoms with E-state index in [1.54, 1.807) is 6.08 Å². The normalized spacial score (nSPS) is 55.8. The SMILES string of the molecule is C[C@@H]1C[C@H]2[C@@H](CC[C@@H]3C[C@@H](O)CC[C@@]32C)[C@@]2(O)CC[C@H](C3=CC(=O)OC3)[C@@]12C. The molecule has 0 bridgehead atoms. The highest BCUT2D eigenvalue weighted by molar-refractivity contribution is 5.85. The van der Waals surface area contributed by atoms with Crippen LogP contribution < -0.4 is 0 Å². The van der Waals surface area contributed by atoms with E-state index in [9.17, 15) is 15.0 Å². The van der Waals surface area contributed by atoms with E-state index in [1.165, 1.54) is 0 Å². The highest BCUT2D eigenvalue weighted by Crippen LogP contribution is 2.71. The molecular formula is C24H36O4. The first-order valence-electron chi connectivity index (χ1n) is 11.5. The Labute approximate surface area is 168 Å². The minimum atomic E-state index is -0.656. The Bertz CT molecular complexity index is 715. The molecule has 1 heterocycles. The van der Waals surface area contributed by atoms with E-state index in [2.05, 4.69) is 20.8 Å². The van der Waals surface area contributed by atoms with Crippen LogP contribution in [0.2, 0.25) is 0 Å². The fraction of sp³-hybridized carbons (Fsp3) is 0.875. The highest BCUT2D eigenvalue weighted by Gasteiger charge is 2.69. The van der Waals surface area contributed by atoms with Crippen LogP contribution in [-0.2, 0) is 9.53 Å². The van der Waals surface area contributed by atoms with E-state index in [4.69, 9.17) is 4.74 Å². The Morgan fingerprint density at radius 2 is 1.86 bits per heavy atom. The van der Waals surface area contributed by atoms with Gasteiger partial charge >= 0.3 is 5.97 Å². The second-order valence-electron chi connectivity index (χ2n) is 11.2. The van der Waals surface area contributed by atoms with Crippen molar-refractivity contribution in [1.82, 2.24) is 0 Å². The van der Waals surface area contributed by atoms with E-state index >= 15 is 0 Å². The van der Waals surface area contributed by atoms with Crippen molar-refractivity contribution < 1.29 is 19.7 Å². The van der Waals surface area contributed by atoms with Gasteiger partial charge in [-0.25, -0.2) is 4.79 Å². The van der Waals surface area contributed by atoms with Crippen molar-refractivity contribution >= 4 is 5.97 Å². The molecule has 156 valence electrons. The van der Waals surface area contributed by atoms with Gasteiger partial charge in [-0.3, -0.25) is 0 Å². The van der Waals surface area contributed by atoms with Gasteiger partial charge in [0.15, 0.2) is 0 Å². The molecule has 4 aliphatic carbocycles. The number of carbonyl (C=O) groups excluding carboxylic acids is 1. The number of hydrogen-bond donors (Lipinski definition) is 2. The zero-order chi connectivity index (χ0) is 19.9. The van der Waals surface area contributed by atoms with Gasteiger partial charge in [-0.1, -0.05) is 20.8 Å². The third kappa shape index (κ3) is 2.28. The second-order valence-corrected chi connectivity index (χ2v) is 11.2. The fourth-order valence-corrected chi connectivity index (χ4v) is 8.76. The van der Waals surface area contributed by atoms with E-state index in [0.717, 1.165) is 56.9 Å². The number of ether oxygens (including phenoxy) is 1. The zero-order valence-electron chi connectivity index (χ0n) is 17.6. The maximum absolute atomic E-state index is 12.3. The fourth-order valence-electron chi connectivity index (χ4n) is 8.76. The topological polar surface area (TPSA) is 66.8 Å². The van der Waals surface area contributed by atoms with Gasteiger partial charge in [0.05, 0.1) is 11.7 Å². The van der Waals surface area contributed by atoms with Gasteiger partial charge in [-0.05, 0) is 91.9 Å². The maximum Gasteiger partial charge on any atom is 0.331 e. The van der Waals surface area contributed by atoms with Gasteiger partial charge < -0.3 is 14.9 Å². The van der Waals surface area contributed by atoms with Gasteiger partial charge in [0.2, 0.25) is 0 Å². The number of hydrogen-bond acceptors (Lipinski definition) is 4. The average molecular weight is 389 g/mol. The smallest absolute Gasteiger partial charge is 0.331 e. The van der Waals surface area contributed by atoms with Crippen LogP contribution >= 0.6 is 0 Å². The van der Waals surface area contributed by atoms with Crippen LogP contribution in [-0.4, -0.2) is 34.5 Å². The lowest BCUT2D eigenvalue weighted by Gasteiger charge is -2.65. The Hall–Kier alpha value is -0.870. The second kappa shape index (κ2) is 6.07. The lowest BCUT2D eigenvalue weighted by atomic mass is 9.41. The number of cyclic esters (lactones) is 1. The molecule has 0 saturated heterocycles. The Balaban J connectivity index is 1.51. The molecule has 1 aliphatic heterocycles. The summed E-state index contributed by atoms with van der Waals surface area (Å²) in [5.74, 6) is 1.92. The van der Waals surface area contributed by atoms with E-state index in [0.29, 0.717) is 30.3 Å². The van der Waals surface area contributed by atoms with Gasteiger partial charge in [0.25, 0.3) is 0 Å². The molecule has 4 nitrogen and oxygen atoms in total. The summed E-state index contributed by atoms with van der Waals surface area (Å²) in [6.07, 6.45) is 9.69. The molecule has 28 heavy (non-hydrogen) atoms. The molecule has 2 N–H and O–H groups in total. The largest absolute Gasteiger partial charge is 0.458 e. The van der Waals surface area contributed by atoms with Crippen molar-refractivity contribution in [2.45, 2.75) is 83.8 Å². The van der Waals surface area contributed by atoms with E-state index < -0.39 is 5.60 Å². The molecule has 0 aromatic carbocycles. The zero-order valence-corrected chi connectivity index (χ0v) is 17.6. The first kappa shape index (κ1) is 19.1. The summed E-state index contributed by atoms with van der Waals surface area (Å²) < 4.78 is 5.24. The Morgan fingerprint density at radius 3 is 2.57 bits per heavy atom. The molecule has 4 saturated carbocycles. The number of aliphatic hydroxyl groups excluding tert-OH is 1. The van der Waals surface area contributed by atoms with Crippen LogP contribution in [0, 0.1) is 40.4 Å². The van der Waals surface area contributed by atoms with Crippen molar-refractivity contribution in [3.8, 4) is 0 Å². The van der Waals surface area contributed by atoms with E-state index in [-0.39, 0.29) is 28.8 Å². The predicted molar refractivity (Wildman–Crippen MR) is 106 cm³/mol. The lowest BCUT2D eigenvalue weighted by molar-refractivity contribution is -0.227. The monoisotopic (exact) mass is 388 g/mol. The van der Waals surface area contributed by atoms with Crippen molar-refractivity contribution in [3.05, 3.63) is 11.6 Å². The van der Waals surface area contributed by atoms with Crippen LogP contribution in [0.3, 0.4) is 0 Å². The summed E-state index contributed by atoms with van der Waals surface area (Å²) in [5, 5.41) is 22.5. The van der Waals surface area contributed by atoms with Crippen molar-refractivity contribution in [1.29, 1.82) is 0 Å². The molecular weight excluding hydrogens is 352 g/mol. The predicted octanol–water partition coefficient (Wildman–Crippen LogP) is 3.85. The molecule has 0 radical (unpaired) electrons. The van der Waals surface area contributed by atoms with E-state index in [1.807, 2.05) is 0 Å². The standard InChI is InChI=1S/C24H36O4/c1-14-10-20-19(5-4-16-12-17(25)6-8-22(16,20)2)24(27)9-7-18(23(14,24)3)15-11-21(26)28-13-15/h11,14,16-20,25,27H,4-10,12-13H2,1-3H3/t14-,16-,17+,18-,19-,20+,22+,23-,24+/m1/s1. The minimum Gasteiger partial charge on any atom is -0.458 e. The number of aliphatic hydroxyl groups is 2. The van der Waals surface area contributed by atoms with Crippen LogP contribution in [0.25, 0.3) is 0 Å². The first-order valence-corrected chi connectivity index (χ1v) is 11.5. The van der Waals surface area contributed by atoms with Crippen LogP contribution in [0.5, 0.6) is 0 Å². The van der Waals surface area contributed by atoms with Crippen LogP contribution in [0.15, 0.2) is 11.6 Å². The van der Waals surface area contributed by atoms with Crippen molar-refractivity contribution in [2.75, 3.05) is 6.61 Å². The molecule has 0 spiro atoms. The molecule has 4 heteroatoms. The minimum absolute atomic E-state index is 0.133. The van der Waals surface area contributed by atoms with Gasteiger partial charge in [0, 0.05) is 11.5 Å². The average Bonchev–Trinajstić information content (AvgIpc) is 3.19. The number of rotatable bonds is 1. The summed E-state index contributed by atoms with van der Waals surface area (Å²) >= 11 is 0. The highest BCUT2D eigenvalue weighted by atomic mass is 16.5. The van der Waals surface area contributed by atoms with Gasteiger partial charge in [-0.2, -0.15) is 0 Å². The third-order valence-electron chi connectivity index (χ3n) is 10.5. The Morgan fingerprint density at radius 1 is 1.07 bits per heavy atom. The molecule has 0 amide bonds. The summed E-state index contributed by atoms with van der Waals surface area (Å²) in [6.45, 7) is 7.50. The van der Waals surface area contributed by atoms with Crippen LogP contribution in [0.1, 0.15) is 72.1 Å². The number of esters is 1. The maximum atomic E-state index is 12.3. The molecule has 0 unspecified atom stereocenters. The molecule has 0 aromatic rings. The number of fused-ring (bicyclic) bond motifs is 5. The Kier molecular flexibility index (Phi) is 4.15. The van der Waals surface area contributed by atoms with Gasteiger partial charge in [0.1, 0.15) is 6.61 Å². The summed E-state index contributed by atoms with van der Waals surface area (Å²) in [4.78, 5) is 11.7. The summed E-state index contributed by atoms with van der Waals surface area (Å²) in [7, 11) is 0. The summed E-state index contributed by atoms with van der Waals surface area (Å²) in [5.41, 5.74) is 0.508. The molecule has 0 aromatic heterocycles. The molecule has 4 fully saturated rings. The molecule has 5 rings (SSSR count). The third-order valence-corrected chi connectivity index (χ3v) is 10.5. The van der Waals surface area contributed by atoms with Crippen molar-refractivity contribution in [2.24, 2.45) is 40.4 Å². The van der Waals surface area contributed by atoms with Crippen LogP contribution in [0.4, 0.5) is 0 Å². The van der Waals surface area contributed by atoms with Crippen molar-refractivity contribution in [3.63, 3.8) is 0 Å². The quantitative estimate of drug-likeness (QED) is 0.670. The summed E-state index contributed by atoms with van der Waals surface area (Å²) in [6, 6.07) is 0.